The van der Waals surface area contributed by atoms with Crippen LogP contribution in [0.15, 0.2) is 71.6 Å². The Kier molecular flexibility index (Phi) is 10.9. The van der Waals surface area contributed by atoms with Gasteiger partial charge in [0.25, 0.3) is 10.0 Å². The molecule has 44 heavy (non-hydrogen) atoms. The van der Waals surface area contributed by atoms with E-state index >= 15 is 0 Å². The zero-order chi connectivity index (χ0) is 31.9. The standard InChI is InChI=1S/C34H43N3O6S/c1-6-30(34(39)35-27-11-7-8-12-27)36(22-26-10-9-13-28(21-26)42-4)33(38)23-37(31-20-25(3)16-19-32(31)43-5)44(40,41)29-17-14-24(2)15-18-29/h9-10,13-21,27,30H,6-8,11-12,22-23H2,1-5H3,(H,35,39)/t30-/m0/s1. The number of hydrogen-bond donors (Lipinski definition) is 1. The molecule has 0 radical (unpaired) electrons. The molecule has 1 N–H and O–H groups in total. The van der Waals surface area contributed by atoms with Gasteiger partial charge in [-0.15, -0.1) is 0 Å². The first-order valence-corrected chi connectivity index (χ1v) is 16.5. The number of nitrogens with one attached hydrogen (secondary N) is 1. The molecule has 3 aromatic carbocycles. The Morgan fingerprint density at radius 2 is 1.61 bits per heavy atom. The predicted octanol–water partition coefficient (Wildman–Crippen LogP) is 5.38. The minimum absolute atomic E-state index is 0.0461. The lowest BCUT2D eigenvalue weighted by Crippen LogP contribution is -2.53. The summed E-state index contributed by atoms with van der Waals surface area (Å²) >= 11 is 0. The molecule has 0 aromatic heterocycles. The van der Waals surface area contributed by atoms with Crippen LogP contribution in [0.5, 0.6) is 11.5 Å². The second-order valence-corrected chi connectivity index (χ2v) is 13.1. The van der Waals surface area contributed by atoms with Gasteiger partial charge in [0, 0.05) is 12.6 Å². The minimum Gasteiger partial charge on any atom is -0.497 e. The van der Waals surface area contributed by atoms with Crippen LogP contribution in [-0.4, -0.2) is 58.0 Å². The molecule has 10 heteroatoms. The lowest BCUT2D eigenvalue weighted by Gasteiger charge is -2.34. The number of sulfonamides is 1. The van der Waals surface area contributed by atoms with Crippen molar-refractivity contribution in [2.45, 2.75) is 76.4 Å². The maximum atomic E-state index is 14.4. The Morgan fingerprint density at radius 1 is 0.932 bits per heavy atom. The number of benzene rings is 3. The van der Waals surface area contributed by atoms with E-state index in [2.05, 4.69) is 5.32 Å². The highest BCUT2D eigenvalue weighted by Crippen LogP contribution is 2.34. The van der Waals surface area contributed by atoms with E-state index in [0.29, 0.717) is 17.9 Å². The largest absolute Gasteiger partial charge is 0.497 e. The summed E-state index contributed by atoms with van der Waals surface area (Å²) in [4.78, 5) is 29.6. The third-order valence-electron chi connectivity index (χ3n) is 8.07. The van der Waals surface area contributed by atoms with Crippen LogP contribution in [0, 0.1) is 13.8 Å². The summed E-state index contributed by atoms with van der Waals surface area (Å²) in [7, 11) is -1.19. The van der Waals surface area contributed by atoms with Crippen LogP contribution in [0.3, 0.4) is 0 Å². The summed E-state index contributed by atoms with van der Waals surface area (Å²) in [6.07, 6.45) is 4.27. The summed E-state index contributed by atoms with van der Waals surface area (Å²) in [6.45, 7) is 5.13. The molecule has 4 rings (SSSR count). The van der Waals surface area contributed by atoms with Gasteiger partial charge in [-0.05, 0) is 80.6 Å². The van der Waals surface area contributed by atoms with E-state index in [9.17, 15) is 18.0 Å². The van der Waals surface area contributed by atoms with Gasteiger partial charge in [0.2, 0.25) is 11.8 Å². The van der Waals surface area contributed by atoms with E-state index in [1.54, 1.807) is 37.4 Å². The first-order chi connectivity index (χ1) is 21.1. The number of methoxy groups -OCH3 is 2. The van der Waals surface area contributed by atoms with Gasteiger partial charge < -0.3 is 19.7 Å². The number of amides is 2. The van der Waals surface area contributed by atoms with Crippen molar-refractivity contribution in [3.8, 4) is 11.5 Å². The number of rotatable bonds is 13. The van der Waals surface area contributed by atoms with Gasteiger partial charge in [0.1, 0.15) is 24.1 Å². The number of ether oxygens (including phenoxy) is 2. The fraction of sp³-hybridized carbons (Fsp3) is 0.412. The lowest BCUT2D eigenvalue weighted by atomic mass is 10.1. The van der Waals surface area contributed by atoms with Crippen LogP contribution in [0.4, 0.5) is 5.69 Å². The minimum atomic E-state index is -4.22. The molecule has 0 saturated heterocycles. The van der Waals surface area contributed by atoms with Gasteiger partial charge in [0.05, 0.1) is 24.8 Å². The molecule has 3 aromatic rings. The third kappa shape index (κ3) is 7.72. The molecule has 1 aliphatic rings. The second kappa shape index (κ2) is 14.6. The number of anilines is 1. The Balaban J connectivity index is 1.77. The van der Waals surface area contributed by atoms with Crippen molar-refractivity contribution in [1.29, 1.82) is 0 Å². The maximum Gasteiger partial charge on any atom is 0.264 e. The number of carbonyl (C=O) groups is 2. The van der Waals surface area contributed by atoms with Crippen LogP contribution in [0.1, 0.15) is 55.7 Å². The Bertz CT molecular complexity index is 1550. The molecular weight excluding hydrogens is 578 g/mol. The van der Waals surface area contributed by atoms with E-state index in [4.69, 9.17) is 9.47 Å². The first-order valence-electron chi connectivity index (χ1n) is 15.0. The van der Waals surface area contributed by atoms with Crippen LogP contribution in [-0.2, 0) is 26.2 Å². The van der Waals surface area contributed by atoms with Gasteiger partial charge in [-0.3, -0.25) is 13.9 Å². The normalized spacial score (nSPS) is 14.1. The van der Waals surface area contributed by atoms with Crippen molar-refractivity contribution in [1.82, 2.24) is 10.2 Å². The molecule has 1 saturated carbocycles. The molecule has 1 aliphatic carbocycles. The second-order valence-electron chi connectivity index (χ2n) is 11.3. The lowest BCUT2D eigenvalue weighted by molar-refractivity contribution is -0.140. The van der Waals surface area contributed by atoms with Crippen molar-refractivity contribution < 1.29 is 27.5 Å². The van der Waals surface area contributed by atoms with E-state index in [1.807, 2.05) is 45.0 Å². The molecule has 9 nitrogen and oxygen atoms in total. The molecule has 0 bridgehead atoms. The van der Waals surface area contributed by atoms with E-state index in [-0.39, 0.29) is 29.1 Å². The topological polar surface area (TPSA) is 105 Å². The molecule has 0 spiro atoms. The van der Waals surface area contributed by atoms with Gasteiger partial charge in [-0.1, -0.05) is 55.7 Å². The summed E-state index contributed by atoms with van der Waals surface area (Å²) < 4.78 is 40.5. The average molecular weight is 622 g/mol. The monoisotopic (exact) mass is 621 g/mol. The Morgan fingerprint density at radius 3 is 2.25 bits per heavy atom. The van der Waals surface area contributed by atoms with Crippen molar-refractivity contribution in [3.05, 3.63) is 83.4 Å². The highest BCUT2D eigenvalue weighted by atomic mass is 32.2. The number of hydrogen-bond acceptors (Lipinski definition) is 6. The quantitative estimate of drug-likeness (QED) is 0.275. The molecule has 0 unspecified atom stereocenters. The summed E-state index contributed by atoms with van der Waals surface area (Å²) in [5.74, 6) is 0.174. The Hall–Kier alpha value is -4.05. The third-order valence-corrected chi connectivity index (χ3v) is 9.84. The molecule has 1 fully saturated rings. The van der Waals surface area contributed by atoms with Crippen molar-refractivity contribution in [3.63, 3.8) is 0 Å². The highest BCUT2D eigenvalue weighted by molar-refractivity contribution is 7.92. The fourth-order valence-corrected chi connectivity index (χ4v) is 7.02. The van der Waals surface area contributed by atoms with Gasteiger partial charge in [-0.2, -0.15) is 0 Å². The zero-order valence-electron chi connectivity index (χ0n) is 26.2. The predicted molar refractivity (Wildman–Crippen MR) is 171 cm³/mol. The van der Waals surface area contributed by atoms with Crippen molar-refractivity contribution in [2.24, 2.45) is 0 Å². The SMILES string of the molecule is CC[C@@H](C(=O)NC1CCCC1)N(Cc1cccc(OC)c1)C(=O)CN(c1cc(C)ccc1OC)S(=O)(=O)c1ccc(C)cc1. The summed E-state index contributed by atoms with van der Waals surface area (Å²) in [5.41, 5.74) is 2.70. The number of aryl methyl sites for hydroxylation is 2. The van der Waals surface area contributed by atoms with Crippen molar-refractivity contribution in [2.75, 3.05) is 25.1 Å². The molecule has 2 amide bonds. The maximum absolute atomic E-state index is 14.4. The van der Waals surface area contributed by atoms with E-state index in [0.717, 1.165) is 46.7 Å². The highest BCUT2D eigenvalue weighted by Gasteiger charge is 2.35. The Labute approximate surface area is 261 Å². The molecule has 236 valence electrons. The fourth-order valence-electron chi connectivity index (χ4n) is 5.60. The van der Waals surface area contributed by atoms with E-state index in [1.165, 1.54) is 24.1 Å². The van der Waals surface area contributed by atoms with Gasteiger partial charge in [-0.25, -0.2) is 8.42 Å². The van der Waals surface area contributed by atoms with Crippen molar-refractivity contribution >= 4 is 27.5 Å². The van der Waals surface area contributed by atoms with Crippen LogP contribution < -0.4 is 19.1 Å². The summed E-state index contributed by atoms with van der Waals surface area (Å²) in [6, 6.07) is 18.2. The van der Waals surface area contributed by atoms with Crippen LogP contribution in [0.2, 0.25) is 0 Å². The smallest absolute Gasteiger partial charge is 0.264 e. The average Bonchev–Trinajstić information content (AvgIpc) is 3.53. The molecule has 0 aliphatic heterocycles. The summed E-state index contributed by atoms with van der Waals surface area (Å²) in [5, 5.41) is 3.14. The molecule has 1 atom stereocenters. The first kappa shape index (κ1) is 32.9. The van der Waals surface area contributed by atoms with Crippen LogP contribution in [0.25, 0.3) is 0 Å². The molecular formula is C34H43N3O6S. The molecule has 0 heterocycles. The van der Waals surface area contributed by atoms with Gasteiger partial charge in [0.15, 0.2) is 0 Å². The van der Waals surface area contributed by atoms with Gasteiger partial charge >= 0.3 is 0 Å². The van der Waals surface area contributed by atoms with E-state index < -0.39 is 28.5 Å². The van der Waals surface area contributed by atoms with Crippen LogP contribution >= 0.6 is 0 Å². The number of carbonyl (C=O) groups excluding carboxylic acids is 2. The zero-order valence-corrected chi connectivity index (χ0v) is 27.0. The number of nitrogens with zero attached hydrogens (tertiary/aromatic N) is 2.